The fourth-order valence-corrected chi connectivity index (χ4v) is 7.00. The number of urea groups is 1. The number of benzene rings is 2. The molecule has 0 spiro atoms. The number of carbonyl (C=O) groups is 2. The fraction of sp³-hybridized carbons (Fsp3) is 0.517. The molecule has 4 rings (SSSR count). The number of hydrogen-bond donors (Lipinski definition) is 3. The maximum Gasteiger partial charge on any atom is 0.416 e. The third-order valence-corrected chi connectivity index (χ3v) is 8.82. The molecule has 2 aliphatic rings. The summed E-state index contributed by atoms with van der Waals surface area (Å²) in [5.74, 6) is -2.26. The number of fused-ring (bicyclic) bond motifs is 1. The number of nitrogens with zero attached hydrogens (tertiary/aromatic N) is 2. The Morgan fingerprint density at radius 1 is 1.12 bits per heavy atom. The predicted molar refractivity (Wildman–Crippen MR) is 140 cm³/mol. The van der Waals surface area contributed by atoms with E-state index in [1.807, 2.05) is 13.0 Å². The summed E-state index contributed by atoms with van der Waals surface area (Å²) in [5, 5.41) is 22.4. The number of carbonyl (C=O) groups excluding carboxylic acids is 2. The molecule has 2 aromatic rings. The number of aliphatic hydroxyl groups is 2. The molecule has 218 valence electrons. The summed E-state index contributed by atoms with van der Waals surface area (Å²) in [6, 6.07) is 8.33. The second-order valence-electron chi connectivity index (χ2n) is 10.8. The van der Waals surface area contributed by atoms with Gasteiger partial charge in [-0.15, -0.1) is 0 Å². The van der Waals surface area contributed by atoms with Crippen molar-refractivity contribution in [3.05, 3.63) is 70.5 Å². The number of alkyl halides is 3. The van der Waals surface area contributed by atoms with Gasteiger partial charge in [0.2, 0.25) is 5.91 Å². The van der Waals surface area contributed by atoms with Gasteiger partial charge >= 0.3 is 12.2 Å². The van der Waals surface area contributed by atoms with Crippen molar-refractivity contribution in [2.24, 2.45) is 5.41 Å². The maximum atomic E-state index is 14.8. The van der Waals surface area contributed by atoms with Gasteiger partial charge in [0.05, 0.1) is 22.6 Å². The minimum Gasteiger partial charge on any atom is -0.396 e. The van der Waals surface area contributed by atoms with Crippen molar-refractivity contribution >= 4 is 11.9 Å². The molecule has 0 saturated carbocycles. The van der Waals surface area contributed by atoms with Crippen molar-refractivity contribution in [3.63, 3.8) is 0 Å². The van der Waals surface area contributed by atoms with E-state index in [1.165, 1.54) is 7.05 Å². The molecule has 11 heteroatoms. The molecule has 40 heavy (non-hydrogen) atoms. The number of piperazine rings is 1. The molecule has 3 atom stereocenters. The van der Waals surface area contributed by atoms with Crippen LogP contribution >= 0.6 is 0 Å². The molecule has 2 aromatic carbocycles. The lowest BCUT2D eigenvalue weighted by Gasteiger charge is -2.57. The molecule has 7 nitrogen and oxygen atoms in total. The van der Waals surface area contributed by atoms with E-state index >= 15 is 0 Å². The first-order chi connectivity index (χ1) is 18.9. The van der Waals surface area contributed by atoms with Gasteiger partial charge in [0, 0.05) is 39.3 Å². The van der Waals surface area contributed by atoms with Gasteiger partial charge in [-0.3, -0.25) is 4.79 Å². The second kappa shape index (κ2) is 11.0. The number of aliphatic hydroxyl groups excluding tert-OH is 2. The van der Waals surface area contributed by atoms with Crippen molar-refractivity contribution in [3.8, 4) is 0 Å². The zero-order valence-corrected chi connectivity index (χ0v) is 22.8. The van der Waals surface area contributed by atoms with Gasteiger partial charge in [-0.1, -0.05) is 31.2 Å². The van der Waals surface area contributed by atoms with E-state index in [0.717, 1.165) is 17.7 Å². The van der Waals surface area contributed by atoms with E-state index in [9.17, 15) is 37.4 Å². The minimum absolute atomic E-state index is 0.0283. The monoisotopic (exact) mass is 565 g/mol. The van der Waals surface area contributed by atoms with Crippen LogP contribution in [0.15, 0.2) is 42.5 Å². The molecule has 2 aliphatic heterocycles. The largest absolute Gasteiger partial charge is 0.416 e. The van der Waals surface area contributed by atoms with Gasteiger partial charge in [-0.2, -0.15) is 13.2 Å². The Hall–Kier alpha value is -3.18. The summed E-state index contributed by atoms with van der Waals surface area (Å²) in [4.78, 5) is 30.7. The number of amides is 3. The van der Waals surface area contributed by atoms with Gasteiger partial charge < -0.3 is 25.3 Å². The molecule has 0 aliphatic carbocycles. The molecule has 3 N–H and O–H groups in total. The van der Waals surface area contributed by atoms with Crippen molar-refractivity contribution < 1.29 is 37.4 Å². The Morgan fingerprint density at radius 3 is 2.35 bits per heavy atom. The lowest BCUT2D eigenvalue weighted by molar-refractivity contribution is -0.142. The Morgan fingerprint density at radius 2 is 1.77 bits per heavy atom. The maximum absolute atomic E-state index is 14.8. The highest BCUT2D eigenvalue weighted by atomic mass is 19.4. The van der Waals surface area contributed by atoms with E-state index in [2.05, 4.69) is 5.32 Å². The van der Waals surface area contributed by atoms with Crippen LogP contribution in [0.25, 0.3) is 0 Å². The van der Waals surface area contributed by atoms with Gasteiger partial charge in [0.15, 0.2) is 0 Å². The summed E-state index contributed by atoms with van der Waals surface area (Å²) in [5.41, 5.74) is -2.30. The molecule has 0 aromatic heterocycles. The number of rotatable bonds is 7. The van der Waals surface area contributed by atoms with Crippen LogP contribution in [0.5, 0.6) is 0 Å². The Labute approximate surface area is 230 Å². The topological polar surface area (TPSA) is 93.1 Å². The molecule has 2 fully saturated rings. The quantitative estimate of drug-likeness (QED) is 0.440. The minimum atomic E-state index is -4.80. The van der Waals surface area contributed by atoms with Gasteiger partial charge in [0.25, 0.3) is 0 Å². The van der Waals surface area contributed by atoms with Crippen molar-refractivity contribution in [2.75, 3.05) is 33.4 Å². The van der Waals surface area contributed by atoms with Gasteiger partial charge in [-0.05, 0) is 61.1 Å². The van der Waals surface area contributed by atoms with E-state index in [0.29, 0.717) is 11.6 Å². The number of aryl methyl sites for hydroxylation is 1. The van der Waals surface area contributed by atoms with Crippen LogP contribution in [-0.2, 0) is 16.5 Å². The van der Waals surface area contributed by atoms with Crippen molar-refractivity contribution in [1.82, 2.24) is 15.1 Å². The SMILES string of the molecule is CNC(=O)N1CCN2C(=O)C(CCO)(CCO)CC2C1(c1ccccc1C)[C@@H](C)c1cc(F)cc(C(F)(F)F)c1. The molecule has 2 unspecified atom stereocenters. The van der Waals surface area contributed by atoms with Crippen molar-refractivity contribution in [2.45, 2.75) is 56.8 Å². The van der Waals surface area contributed by atoms with Crippen LogP contribution in [0.3, 0.4) is 0 Å². The Balaban J connectivity index is 2.06. The van der Waals surface area contributed by atoms with E-state index < -0.39 is 46.5 Å². The average molecular weight is 566 g/mol. The zero-order valence-electron chi connectivity index (χ0n) is 22.8. The average Bonchev–Trinajstić information content (AvgIpc) is 3.18. The summed E-state index contributed by atoms with van der Waals surface area (Å²) in [7, 11) is 1.45. The van der Waals surface area contributed by atoms with Crippen LogP contribution in [0.1, 0.15) is 54.4 Å². The normalized spacial score (nSPS) is 23.2. The molecular weight excluding hydrogens is 530 g/mol. The molecule has 0 bridgehead atoms. The summed E-state index contributed by atoms with van der Waals surface area (Å²) < 4.78 is 56.1. The highest BCUT2D eigenvalue weighted by Gasteiger charge is 2.64. The first kappa shape index (κ1) is 29.8. The van der Waals surface area contributed by atoms with Gasteiger partial charge in [-0.25, -0.2) is 9.18 Å². The highest BCUT2D eigenvalue weighted by molar-refractivity contribution is 5.87. The predicted octanol–water partition coefficient (Wildman–Crippen LogP) is 4.16. The number of nitrogens with one attached hydrogen (secondary N) is 1. The highest BCUT2D eigenvalue weighted by Crippen LogP contribution is 2.57. The zero-order chi connectivity index (χ0) is 29.5. The summed E-state index contributed by atoms with van der Waals surface area (Å²) >= 11 is 0. The molecule has 2 saturated heterocycles. The van der Waals surface area contributed by atoms with Crippen LogP contribution in [0, 0.1) is 18.2 Å². The molecular formula is C29H35F4N3O4. The number of halogens is 4. The van der Waals surface area contributed by atoms with Gasteiger partial charge in [0.1, 0.15) is 5.82 Å². The molecule has 0 radical (unpaired) electrons. The summed E-state index contributed by atoms with van der Waals surface area (Å²) in [6.07, 6.45) is -4.50. The van der Waals surface area contributed by atoms with E-state index in [4.69, 9.17) is 0 Å². The second-order valence-corrected chi connectivity index (χ2v) is 10.8. The Kier molecular flexibility index (Phi) is 8.20. The van der Waals surface area contributed by atoms with Crippen LogP contribution in [0.2, 0.25) is 0 Å². The lowest BCUT2D eigenvalue weighted by atomic mass is 9.64. The van der Waals surface area contributed by atoms with E-state index in [-0.39, 0.29) is 57.0 Å². The fourth-order valence-electron chi connectivity index (χ4n) is 7.00. The third kappa shape index (κ3) is 4.72. The first-order valence-corrected chi connectivity index (χ1v) is 13.3. The Bertz CT molecular complexity index is 1260. The van der Waals surface area contributed by atoms with E-state index in [1.54, 1.807) is 34.9 Å². The first-order valence-electron chi connectivity index (χ1n) is 13.3. The number of hydrogen-bond acceptors (Lipinski definition) is 4. The molecule has 3 amide bonds. The smallest absolute Gasteiger partial charge is 0.396 e. The molecule has 2 heterocycles. The van der Waals surface area contributed by atoms with Crippen LogP contribution in [-0.4, -0.2) is 71.3 Å². The lowest BCUT2D eigenvalue weighted by Crippen LogP contribution is -2.69. The summed E-state index contributed by atoms with van der Waals surface area (Å²) in [6.45, 7) is 3.09. The van der Waals surface area contributed by atoms with Crippen LogP contribution < -0.4 is 5.32 Å². The van der Waals surface area contributed by atoms with Crippen LogP contribution in [0.4, 0.5) is 22.4 Å². The third-order valence-electron chi connectivity index (χ3n) is 8.82. The van der Waals surface area contributed by atoms with Crippen molar-refractivity contribution in [1.29, 1.82) is 0 Å². The standard InChI is InChI=1S/C29H35F4N3O4/c1-18-6-4-5-7-23(18)28(19(2)20-14-21(29(31,32)33)16-22(30)15-20)24-17-27(8-12-37,9-13-38)25(39)35(24)10-11-36(28)26(40)34-3/h4-7,14-16,19,24,37-38H,8-13,17H2,1-3H3,(H,34,40)/t19-,24?,28?/m0/s1.